The first kappa shape index (κ1) is 14.5. The summed E-state index contributed by atoms with van der Waals surface area (Å²) in [6.45, 7) is 0. The Hall–Kier alpha value is -1.92. The summed E-state index contributed by atoms with van der Waals surface area (Å²) in [5, 5.41) is 9.08. The van der Waals surface area contributed by atoms with Crippen molar-refractivity contribution in [3.8, 4) is 0 Å². The molecule has 0 aliphatic carbocycles. The lowest BCUT2D eigenvalue weighted by Gasteiger charge is -2.05. The van der Waals surface area contributed by atoms with Crippen molar-refractivity contribution in [1.29, 1.82) is 0 Å². The van der Waals surface area contributed by atoms with E-state index in [1.807, 2.05) is 0 Å². The van der Waals surface area contributed by atoms with E-state index in [4.69, 9.17) is 16.7 Å². The third kappa shape index (κ3) is 3.34. The smallest absolute Gasteiger partial charge is 0.337 e. The van der Waals surface area contributed by atoms with E-state index in [1.54, 1.807) is 12.1 Å². The molecule has 1 aromatic carbocycles. The molecular weight excluding hydrogens is 302 g/mol. The second-order valence-electron chi connectivity index (χ2n) is 4.06. The quantitative estimate of drug-likeness (QED) is 0.937. The number of aromatic carboxylic acids is 1. The van der Waals surface area contributed by atoms with Gasteiger partial charge in [-0.1, -0.05) is 17.7 Å². The third-order valence-corrected chi connectivity index (χ3v) is 4.45. The predicted octanol–water partition coefficient (Wildman–Crippen LogP) is 2.41. The largest absolute Gasteiger partial charge is 0.478 e. The van der Waals surface area contributed by atoms with Crippen LogP contribution in [0.1, 0.15) is 16.1 Å². The molecule has 0 fully saturated rings. The van der Waals surface area contributed by atoms with E-state index in [0.29, 0.717) is 5.02 Å². The summed E-state index contributed by atoms with van der Waals surface area (Å²) in [6, 6.07) is 8.65. The highest BCUT2D eigenvalue weighted by Crippen LogP contribution is 2.19. The summed E-state index contributed by atoms with van der Waals surface area (Å²) in [5.41, 5.74) is 0.281. The Morgan fingerprint density at radius 1 is 1.25 bits per heavy atom. The van der Waals surface area contributed by atoms with Gasteiger partial charge < -0.3 is 5.11 Å². The number of pyridine rings is 1. The highest BCUT2D eigenvalue weighted by molar-refractivity contribution is 7.90. The average Bonchev–Trinajstić information content (AvgIpc) is 2.39. The van der Waals surface area contributed by atoms with Crippen LogP contribution in [0.4, 0.5) is 0 Å². The Balaban J connectivity index is 2.26. The summed E-state index contributed by atoms with van der Waals surface area (Å²) < 4.78 is 24.3. The molecule has 0 spiro atoms. The molecule has 0 bridgehead atoms. The minimum absolute atomic E-state index is 0.00824. The summed E-state index contributed by atoms with van der Waals surface area (Å²) in [6.07, 6.45) is 1.13. The molecule has 5 nitrogen and oxygen atoms in total. The molecule has 0 aliphatic rings. The fourth-order valence-electron chi connectivity index (χ4n) is 1.57. The van der Waals surface area contributed by atoms with Crippen LogP contribution in [0.25, 0.3) is 0 Å². The van der Waals surface area contributed by atoms with Gasteiger partial charge in [-0.3, -0.25) is 4.98 Å². The molecule has 0 saturated carbocycles. The Morgan fingerprint density at radius 3 is 2.55 bits per heavy atom. The number of carboxylic acid groups (broad SMARTS) is 1. The first-order valence-corrected chi connectivity index (χ1v) is 7.58. The molecule has 0 aliphatic heterocycles. The molecule has 7 heteroatoms. The number of carbonyl (C=O) groups is 1. The fourth-order valence-corrected chi connectivity index (χ4v) is 3.15. The van der Waals surface area contributed by atoms with Crippen molar-refractivity contribution in [1.82, 2.24) is 4.98 Å². The van der Waals surface area contributed by atoms with Crippen LogP contribution in [0.3, 0.4) is 0 Å². The van der Waals surface area contributed by atoms with Gasteiger partial charge in [-0.25, -0.2) is 13.2 Å². The van der Waals surface area contributed by atoms with Gasteiger partial charge in [-0.15, -0.1) is 0 Å². The molecule has 1 heterocycles. The lowest BCUT2D eigenvalue weighted by Crippen LogP contribution is -2.07. The van der Waals surface area contributed by atoms with Crippen molar-refractivity contribution in [2.45, 2.75) is 10.6 Å². The SMILES string of the molecule is O=C(O)c1ccc(CS(=O)(=O)c2cccc(Cl)c2)nc1. The maximum absolute atomic E-state index is 12.2. The molecule has 104 valence electrons. The van der Waals surface area contributed by atoms with E-state index >= 15 is 0 Å². The van der Waals surface area contributed by atoms with E-state index < -0.39 is 15.8 Å². The molecule has 0 atom stereocenters. The Morgan fingerprint density at radius 2 is 2.00 bits per heavy atom. The molecule has 2 rings (SSSR count). The molecule has 0 amide bonds. The summed E-state index contributed by atoms with van der Waals surface area (Å²) in [7, 11) is -3.56. The van der Waals surface area contributed by atoms with E-state index in [2.05, 4.69) is 4.98 Å². The lowest BCUT2D eigenvalue weighted by molar-refractivity contribution is 0.0696. The van der Waals surface area contributed by atoms with E-state index in [1.165, 1.54) is 24.3 Å². The molecule has 0 unspecified atom stereocenters. The number of halogens is 1. The number of sulfone groups is 1. The summed E-state index contributed by atoms with van der Waals surface area (Å²) >= 11 is 5.76. The number of hydrogen-bond acceptors (Lipinski definition) is 4. The Kier molecular flexibility index (Phi) is 4.06. The predicted molar refractivity (Wildman–Crippen MR) is 73.5 cm³/mol. The summed E-state index contributed by atoms with van der Waals surface area (Å²) in [5.74, 6) is -1.42. The van der Waals surface area contributed by atoms with E-state index in [-0.39, 0.29) is 21.9 Å². The van der Waals surface area contributed by atoms with Gasteiger partial charge in [0.1, 0.15) is 0 Å². The van der Waals surface area contributed by atoms with Crippen LogP contribution < -0.4 is 0 Å². The maximum atomic E-state index is 12.2. The normalized spacial score (nSPS) is 11.2. The van der Waals surface area contributed by atoms with Crippen LogP contribution in [-0.2, 0) is 15.6 Å². The van der Waals surface area contributed by atoms with Gasteiger partial charge in [-0.05, 0) is 30.3 Å². The molecule has 1 aromatic heterocycles. The van der Waals surface area contributed by atoms with Crippen molar-refractivity contribution >= 4 is 27.4 Å². The first-order chi connectivity index (χ1) is 9.38. The molecule has 0 saturated heterocycles. The van der Waals surface area contributed by atoms with Crippen molar-refractivity contribution in [2.75, 3.05) is 0 Å². The lowest BCUT2D eigenvalue weighted by atomic mass is 10.2. The maximum Gasteiger partial charge on any atom is 0.337 e. The minimum Gasteiger partial charge on any atom is -0.478 e. The van der Waals surface area contributed by atoms with Crippen LogP contribution in [0, 0.1) is 0 Å². The Labute approximate surface area is 120 Å². The Bertz CT molecular complexity index is 741. The zero-order chi connectivity index (χ0) is 14.8. The highest BCUT2D eigenvalue weighted by Gasteiger charge is 2.16. The minimum atomic E-state index is -3.56. The fraction of sp³-hybridized carbons (Fsp3) is 0.0769. The number of rotatable bonds is 4. The van der Waals surface area contributed by atoms with Crippen LogP contribution in [-0.4, -0.2) is 24.5 Å². The van der Waals surface area contributed by atoms with Crippen LogP contribution in [0.2, 0.25) is 5.02 Å². The van der Waals surface area contributed by atoms with E-state index in [9.17, 15) is 13.2 Å². The number of nitrogens with zero attached hydrogens (tertiary/aromatic N) is 1. The second kappa shape index (κ2) is 5.60. The molecule has 2 aromatic rings. The number of benzene rings is 1. The van der Waals surface area contributed by atoms with Gasteiger partial charge in [0.15, 0.2) is 9.84 Å². The van der Waals surface area contributed by atoms with Gasteiger partial charge in [0.05, 0.1) is 21.9 Å². The van der Waals surface area contributed by atoms with Gasteiger partial charge in [0.2, 0.25) is 0 Å². The van der Waals surface area contributed by atoms with Gasteiger partial charge >= 0.3 is 5.97 Å². The van der Waals surface area contributed by atoms with Gasteiger partial charge in [0, 0.05) is 11.2 Å². The van der Waals surface area contributed by atoms with Crippen molar-refractivity contribution in [2.24, 2.45) is 0 Å². The zero-order valence-electron chi connectivity index (χ0n) is 10.2. The molecule has 20 heavy (non-hydrogen) atoms. The number of carboxylic acids is 1. The van der Waals surface area contributed by atoms with Crippen LogP contribution in [0.5, 0.6) is 0 Å². The molecular formula is C13H10ClNO4S. The molecule has 1 N–H and O–H groups in total. The average molecular weight is 312 g/mol. The van der Waals surface area contributed by atoms with Crippen molar-refractivity contribution in [3.05, 3.63) is 58.9 Å². The zero-order valence-corrected chi connectivity index (χ0v) is 11.7. The monoisotopic (exact) mass is 311 g/mol. The van der Waals surface area contributed by atoms with Gasteiger partial charge in [-0.2, -0.15) is 0 Å². The third-order valence-electron chi connectivity index (χ3n) is 2.56. The number of aromatic nitrogens is 1. The first-order valence-electron chi connectivity index (χ1n) is 5.55. The summed E-state index contributed by atoms with van der Waals surface area (Å²) in [4.78, 5) is 14.6. The highest BCUT2D eigenvalue weighted by atomic mass is 35.5. The van der Waals surface area contributed by atoms with Crippen molar-refractivity contribution in [3.63, 3.8) is 0 Å². The van der Waals surface area contributed by atoms with Gasteiger partial charge in [0.25, 0.3) is 0 Å². The molecule has 0 radical (unpaired) electrons. The topological polar surface area (TPSA) is 84.3 Å². The van der Waals surface area contributed by atoms with Crippen LogP contribution in [0.15, 0.2) is 47.5 Å². The number of hydrogen-bond donors (Lipinski definition) is 1. The van der Waals surface area contributed by atoms with E-state index in [0.717, 1.165) is 6.20 Å². The standard InChI is InChI=1S/C13H10ClNO4S/c14-10-2-1-3-12(6-10)20(18,19)8-11-5-4-9(7-15-11)13(16)17/h1-7H,8H2,(H,16,17). The van der Waals surface area contributed by atoms with Crippen molar-refractivity contribution < 1.29 is 18.3 Å². The van der Waals surface area contributed by atoms with Crippen LogP contribution >= 0.6 is 11.6 Å². The second-order valence-corrected chi connectivity index (χ2v) is 6.49.